The van der Waals surface area contributed by atoms with E-state index in [-0.39, 0.29) is 11.7 Å². The fourth-order valence-corrected chi connectivity index (χ4v) is 2.23. The Morgan fingerprint density at radius 3 is 2.79 bits per heavy atom. The zero-order chi connectivity index (χ0) is 10.1. The van der Waals surface area contributed by atoms with Crippen LogP contribution >= 0.6 is 11.3 Å². The fourth-order valence-electron chi connectivity index (χ4n) is 1.38. The Morgan fingerprint density at radius 2 is 2.14 bits per heavy atom. The van der Waals surface area contributed by atoms with Crippen molar-refractivity contribution in [2.75, 3.05) is 0 Å². The Hall–Kier alpha value is -1.39. The molecule has 0 atom stereocenters. The summed E-state index contributed by atoms with van der Waals surface area (Å²) in [4.78, 5) is 10.7. The summed E-state index contributed by atoms with van der Waals surface area (Å²) in [6.07, 6.45) is 0.708. The highest BCUT2D eigenvalue weighted by molar-refractivity contribution is 7.20. The molecule has 1 aromatic heterocycles. The van der Waals surface area contributed by atoms with Gasteiger partial charge in [-0.2, -0.15) is 0 Å². The Bertz CT molecular complexity index is 487. The van der Waals surface area contributed by atoms with Gasteiger partial charge < -0.3 is 10.2 Å². The molecule has 0 aliphatic rings. The summed E-state index contributed by atoms with van der Waals surface area (Å²) in [5, 5.41) is 19.3. The molecule has 0 fully saturated rings. The van der Waals surface area contributed by atoms with Crippen LogP contribution in [0.15, 0.2) is 18.2 Å². The number of benzene rings is 1. The molecule has 2 aromatic rings. The third-order valence-electron chi connectivity index (χ3n) is 2.06. The predicted octanol–water partition coefficient (Wildman–Crippen LogP) is 1.91. The van der Waals surface area contributed by atoms with Crippen molar-refractivity contribution in [2.24, 2.45) is 0 Å². The fraction of sp³-hybridized carbons (Fsp3) is 0.100. The molecule has 0 spiro atoms. The number of aromatic hydroxyl groups is 1. The van der Waals surface area contributed by atoms with Crippen LogP contribution in [-0.4, -0.2) is 16.5 Å². The Kier molecular flexibility index (Phi) is 2.23. The van der Waals surface area contributed by atoms with Gasteiger partial charge in [0.15, 0.2) is 5.06 Å². The summed E-state index contributed by atoms with van der Waals surface area (Å²) < 4.78 is 0.872. The summed E-state index contributed by atoms with van der Waals surface area (Å²) in [5.41, 5.74) is 1.06. The second-order valence-electron chi connectivity index (χ2n) is 2.95. The van der Waals surface area contributed by atoms with Crippen LogP contribution in [0.25, 0.3) is 10.1 Å². The van der Waals surface area contributed by atoms with Crippen LogP contribution in [0, 0.1) is 0 Å². The Labute approximate surface area is 84.2 Å². The van der Waals surface area contributed by atoms with Crippen LogP contribution < -0.4 is 0 Å². The molecule has 0 saturated heterocycles. The molecule has 0 saturated carbocycles. The lowest BCUT2D eigenvalue weighted by atomic mass is 10.1. The summed E-state index contributed by atoms with van der Waals surface area (Å²) in [6, 6.07) is 5.00. The minimum absolute atomic E-state index is 0.164. The van der Waals surface area contributed by atoms with E-state index in [1.807, 2.05) is 0 Å². The first-order valence-corrected chi connectivity index (χ1v) is 4.87. The number of rotatable bonds is 2. The van der Waals surface area contributed by atoms with E-state index in [4.69, 9.17) is 5.11 Å². The number of aldehydes is 1. The van der Waals surface area contributed by atoms with Gasteiger partial charge in [0, 0.05) is 10.3 Å². The van der Waals surface area contributed by atoms with E-state index in [1.54, 1.807) is 18.2 Å². The van der Waals surface area contributed by atoms with Crippen molar-refractivity contribution < 1.29 is 15.0 Å². The van der Waals surface area contributed by atoms with Crippen molar-refractivity contribution in [3.05, 3.63) is 29.3 Å². The van der Waals surface area contributed by atoms with Gasteiger partial charge >= 0.3 is 0 Å². The number of thiophene rings is 1. The van der Waals surface area contributed by atoms with Crippen molar-refractivity contribution in [1.82, 2.24) is 0 Å². The van der Waals surface area contributed by atoms with Gasteiger partial charge in [0.1, 0.15) is 6.29 Å². The second-order valence-corrected chi connectivity index (χ2v) is 4.01. The smallest absolute Gasteiger partial charge is 0.172 e. The van der Waals surface area contributed by atoms with Gasteiger partial charge in [-0.15, -0.1) is 0 Å². The van der Waals surface area contributed by atoms with E-state index < -0.39 is 0 Å². The van der Waals surface area contributed by atoms with E-state index in [9.17, 15) is 9.90 Å². The van der Waals surface area contributed by atoms with Crippen LogP contribution in [-0.2, 0) is 6.61 Å². The summed E-state index contributed by atoms with van der Waals surface area (Å²) >= 11 is 1.23. The third kappa shape index (κ3) is 1.38. The van der Waals surface area contributed by atoms with Crippen LogP contribution in [0.2, 0.25) is 0 Å². The van der Waals surface area contributed by atoms with Gasteiger partial charge in [-0.3, -0.25) is 4.79 Å². The molecule has 4 heteroatoms. The monoisotopic (exact) mass is 208 g/mol. The van der Waals surface area contributed by atoms with Gasteiger partial charge in [-0.25, -0.2) is 0 Å². The van der Waals surface area contributed by atoms with Crippen molar-refractivity contribution in [3.8, 4) is 5.06 Å². The molecule has 2 N–H and O–H groups in total. The lowest BCUT2D eigenvalue weighted by molar-refractivity contribution is 0.112. The highest BCUT2D eigenvalue weighted by atomic mass is 32.1. The molecule has 2 rings (SSSR count). The number of carbonyl (C=O) groups is 1. The van der Waals surface area contributed by atoms with Gasteiger partial charge in [0.25, 0.3) is 0 Å². The van der Waals surface area contributed by atoms with E-state index in [0.717, 1.165) is 10.1 Å². The molecule has 72 valence electrons. The van der Waals surface area contributed by atoms with Crippen LogP contribution in [0.3, 0.4) is 0 Å². The maximum absolute atomic E-state index is 10.7. The molecule has 3 nitrogen and oxygen atoms in total. The molecule has 0 aliphatic heterocycles. The quantitative estimate of drug-likeness (QED) is 0.741. The zero-order valence-electron chi connectivity index (χ0n) is 7.23. The molecule has 0 amide bonds. The molecule has 0 bridgehead atoms. The first-order chi connectivity index (χ1) is 6.74. The van der Waals surface area contributed by atoms with E-state index in [2.05, 4.69) is 0 Å². The van der Waals surface area contributed by atoms with Crippen LogP contribution in [0.5, 0.6) is 5.06 Å². The summed E-state index contributed by atoms with van der Waals surface area (Å²) in [5.74, 6) is 0. The normalized spacial score (nSPS) is 10.6. The van der Waals surface area contributed by atoms with Gasteiger partial charge in [-0.05, 0) is 29.1 Å². The van der Waals surface area contributed by atoms with Gasteiger partial charge in [0.05, 0.1) is 6.61 Å². The Balaban J connectivity index is 2.74. The number of hydrogen-bond acceptors (Lipinski definition) is 4. The first kappa shape index (κ1) is 9.18. The zero-order valence-corrected chi connectivity index (χ0v) is 8.04. The standard InChI is InChI=1S/C10H8O3S/c11-4-7-1-6-3-10(13)14-9(6)2-8(7)5-12/h1-4,12-13H,5H2. The van der Waals surface area contributed by atoms with Crippen molar-refractivity contribution in [3.63, 3.8) is 0 Å². The van der Waals surface area contributed by atoms with Crippen LogP contribution in [0.4, 0.5) is 0 Å². The average molecular weight is 208 g/mol. The predicted molar refractivity (Wildman–Crippen MR) is 54.8 cm³/mol. The number of aliphatic hydroxyl groups excluding tert-OH is 1. The molecule has 0 radical (unpaired) electrons. The molecule has 14 heavy (non-hydrogen) atoms. The highest BCUT2D eigenvalue weighted by Crippen LogP contribution is 2.32. The topological polar surface area (TPSA) is 57.5 Å². The van der Waals surface area contributed by atoms with Crippen molar-refractivity contribution in [1.29, 1.82) is 0 Å². The number of fused-ring (bicyclic) bond motifs is 1. The molecule has 0 aliphatic carbocycles. The van der Waals surface area contributed by atoms with Crippen molar-refractivity contribution >= 4 is 27.7 Å². The van der Waals surface area contributed by atoms with E-state index >= 15 is 0 Å². The SMILES string of the molecule is O=Cc1cc2cc(O)sc2cc1CO. The maximum atomic E-state index is 10.7. The lowest BCUT2D eigenvalue weighted by Crippen LogP contribution is -1.91. The molecule has 1 aromatic carbocycles. The lowest BCUT2D eigenvalue weighted by Gasteiger charge is -2.00. The van der Waals surface area contributed by atoms with Gasteiger partial charge in [0.2, 0.25) is 0 Å². The van der Waals surface area contributed by atoms with E-state index in [1.165, 1.54) is 11.3 Å². The highest BCUT2D eigenvalue weighted by Gasteiger charge is 2.06. The molecule has 0 unspecified atom stereocenters. The average Bonchev–Trinajstić information content (AvgIpc) is 2.54. The number of carbonyl (C=O) groups excluding carboxylic acids is 1. The second kappa shape index (κ2) is 3.40. The van der Waals surface area contributed by atoms with Crippen LogP contribution in [0.1, 0.15) is 15.9 Å². The third-order valence-corrected chi connectivity index (χ3v) is 2.96. The minimum Gasteiger partial charge on any atom is -0.499 e. The van der Waals surface area contributed by atoms with Crippen molar-refractivity contribution in [2.45, 2.75) is 6.61 Å². The number of hydrogen-bond donors (Lipinski definition) is 2. The maximum Gasteiger partial charge on any atom is 0.172 e. The summed E-state index contributed by atoms with van der Waals surface area (Å²) in [6.45, 7) is -0.164. The molecular weight excluding hydrogens is 200 g/mol. The molecular formula is C10H8O3S. The Morgan fingerprint density at radius 1 is 1.36 bits per heavy atom. The van der Waals surface area contributed by atoms with E-state index in [0.29, 0.717) is 17.4 Å². The minimum atomic E-state index is -0.164. The largest absolute Gasteiger partial charge is 0.499 e. The summed E-state index contributed by atoms with van der Waals surface area (Å²) in [7, 11) is 0. The molecule has 1 heterocycles. The first-order valence-electron chi connectivity index (χ1n) is 4.06. The van der Waals surface area contributed by atoms with Gasteiger partial charge in [-0.1, -0.05) is 11.3 Å². The number of aliphatic hydroxyl groups is 1.